The lowest BCUT2D eigenvalue weighted by molar-refractivity contribution is 0.287. The van der Waals surface area contributed by atoms with Crippen molar-refractivity contribution in [3.05, 3.63) is 53.8 Å². The molecule has 6 nitrogen and oxygen atoms in total. The highest BCUT2D eigenvalue weighted by molar-refractivity contribution is 7.98. The fourth-order valence-corrected chi connectivity index (χ4v) is 3.20. The molecule has 0 amide bonds. The Kier molecular flexibility index (Phi) is 6.06. The van der Waals surface area contributed by atoms with Crippen molar-refractivity contribution in [1.82, 2.24) is 20.2 Å². The van der Waals surface area contributed by atoms with Gasteiger partial charge in [-0.15, -0.1) is 5.10 Å². The van der Waals surface area contributed by atoms with Crippen LogP contribution in [-0.4, -0.2) is 33.4 Å². The van der Waals surface area contributed by atoms with E-state index in [9.17, 15) is 4.39 Å². The maximum absolute atomic E-state index is 14.0. The Morgan fingerprint density at radius 2 is 1.81 bits per heavy atom. The van der Waals surface area contributed by atoms with Gasteiger partial charge in [-0.05, 0) is 54.1 Å². The standard InChI is InChI=1S/C18H19FN4O2S/c1-3-24-16-10-9-13(11-17(16)25-4-2)12-26-18-20-21-22-23(18)15-8-6-5-7-14(15)19/h5-11H,3-4,12H2,1-2H3. The second-order valence-electron chi connectivity index (χ2n) is 5.26. The van der Waals surface area contributed by atoms with Crippen LogP contribution >= 0.6 is 11.8 Å². The first-order chi connectivity index (χ1) is 12.7. The largest absolute Gasteiger partial charge is 0.490 e. The highest BCUT2D eigenvalue weighted by Gasteiger charge is 2.13. The number of aromatic nitrogens is 4. The van der Waals surface area contributed by atoms with Crippen LogP contribution in [0.15, 0.2) is 47.6 Å². The summed E-state index contributed by atoms with van der Waals surface area (Å²) in [6.45, 7) is 5.00. The summed E-state index contributed by atoms with van der Waals surface area (Å²) in [5.74, 6) is 1.67. The molecule has 0 fully saturated rings. The zero-order valence-corrected chi connectivity index (χ0v) is 15.4. The number of nitrogens with zero attached hydrogens (tertiary/aromatic N) is 4. The Balaban J connectivity index is 1.77. The zero-order chi connectivity index (χ0) is 18.4. The number of tetrazole rings is 1. The lowest BCUT2D eigenvalue weighted by Crippen LogP contribution is -2.02. The first-order valence-corrected chi connectivity index (χ1v) is 9.26. The highest BCUT2D eigenvalue weighted by atomic mass is 32.2. The molecule has 0 saturated carbocycles. The summed E-state index contributed by atoms with van der Waals surface area (Å²) in [7, 11) is 0. The first-order valence-electron chi connectivity index (χ1n) is 8.27. The van der Waals surface area contributed by atoms with Crippen LogP contribution in [0.25, 0.3) is 5.69 Å². The van der Waals surface area contributed by atoms with Crippen LogP contribution in [0.3, 0.4) is 0 Å². The SMILES string of the molecule is CCOc1ccc(CSc2nnnn2-c2ccccc2F)cc1OCC. The molecule has 136 valence electrons. The Morgan fingerprint density at radius 3 is 2.58 bits per heavy atom. The summed E-state index contributed by atoms with van der Waals surface area (Å²) >= 11 is 1.42. The Labute approximate surface area is 155 Å². The Bertz CT molecular complexity index is 872. The molecule has 2 aromatic carbocycles. The quantitative estimate of drug-likeness (QED) is 0.558. The van der Waals surface area contributed by atoms with E-state index in [1.807, 2.05) is 32.0 Å². The highest BCUT2D eigenvalue weighted by Crippen LogP contribution is 2.31. The maximum Gasteiger partial charge on any atom is 0.214 e. The van der Waals surface area contributed by atoms with E-state index in [1.54, 1.807) is 18.2 Å². The van der Waals surface area contributed by atoms with Crippen molar-refractivity contribution in [2.24, 2.45) is 0 Å². The lowest BCUT2D eigenvalue weighted by Gasteiger charge is -2.12. The smallest absolute Gasteiger partial charge is 0.214 e. The Hall–Kier alpha value is -2.61. The average molecular weight is 374 g/mol. The van der Waals surface area contributed by atoms with Gasteiger partial charge in [0.25, 0.3) is 0 Å². The van der Waals surface area contributed by atoms with Crippen LogP contribution in [0.1, 0.15) is 19.4 Å². The summed E-state index contributed by atoms with van der Waals surface area (Å²) in [6.07, 6.45) is 0. The minimum absolute atomic E-state index is 0.321. The third-order valence-electron chi connectivity index (χ3n) is 3.50. The van der Waals surface area contributed by atoms with Crippen LogP contribution < -0.4 is 9.47 Å². The van der Waals surface area contributed by atoms with Gasteiger partial charge in [0.15, 0.2) is 11.5 Å². The third-order valence-corrected chi connectivity index (χ3v) is 4.49. The molecule has 0 N–H and O–H groups in total. The molecule has 26 heavy (non-hydrogen) atoms. The van der Waals surface area contributed by atoms with Gasteiger partial charge in [0.2, 0.25) is 5.16 Å². The van der Waals surface area contributed by atoms with Gasteiger partial charge in [0.05, 0.1) is 13.2 Å². The van der Waals surface area contributed by atoms with Crippen LogP contribution in [-0.2, 0) is 5.75 Å². The molecule has 0 bridgehead atoms. The summed E-state index contributed by atoms with van der Waals surface area (Å²) in [6, 6.07) is 12.2. The molecule has 0 radical (unpaired) electrons. The summed E-state index contributed by atoms with van der Waals surface area (Å²) in [4.78, 5) is 0. The molecule has 1 aromatic heterocycles. The van der Waals surface area contributed by atoms with Crippen LogP contribution in [0.2, 0.25) is 0 Å². The van der Waals surface area contributed by atoms with Gasteiger partial charge in [-0.2, -0.15) is 4.68 Å². The normalized spacial score (nSPS) is 10.7. The van der Waals surface area contributed by atoms with E-state index in [4.69, 9.17) is 9.47 Å². The van der Waals surface area contributed by atoms with E-state index in [1.165, 1.54) is 22.5 Å². The molecule has 0 saturated heterocycles. The van der Waals surface area contributed by atoms with Crippen molar-refractivity contribution in [3.63, 3.8) is 0 Å². The fraction of sp³-hybridized carbons (Fsp3) is 0.278. The van der Waals surface area contributed by atoms with Gasteiger partial charge in [0.1, 0.15) is 11.5 Å². The van der Waals surface area contributed by atoms with Gasteiger partial charge < -0.3 is 9.47 Å². The first kappa shape index (κ1) is 18.2. The van der Waals surface area contributed by atoms with Gasteiger partial charge in [-0.3, -0.25) is 0 Å². The molecule has 8 heteroatoms. The van der Waals surface area contributed by atoms with Crippen molar-refractivity contribution in [3.8, 4) is 17.2 Å². The summed E-state index contributed by atoms with van der Waals surface area (Å²) in [5.41, 5.74) is 1.35. The maximum atomic E-state index is 14.0. The summed E-state index contributed by atoms with van der Waals surface area (Å²) in [5, 5.41) is 12.1. The van der Waals surface area contributed by atoms with Crippen molar-refractivity contribution < 1.29 is 13.9 Å². The average Bonchev–Trinajstić information content (AvgIpc) is 3.11. The molecule has 0 aliphatic carbocycles. The van der Waals surface area contributed by atoms with Crippen molar-refractivity contribution in [2.45, 2.75) is 24.8 Å². The predicted molar refractivity (Wildman–Crippen MR) is 97.5 cm³/mol. The van der Waals surface area contributed by atoms with Gasteiger partial charge in [-0.1, -0.05) is 30.0 Å². The molecule has 0 unspecified atom stereocenters. The summed E-state index contributed by atoms with van der Waals surface area (Å²) < 4.78 is 26.6. The molecule has 0 aliphatic rings. The van der Waals surface area contributed by atoms with Crippen LogP contribution in [0.5, 0.6) is 11.5 Å². The number of rotatable bonds is 8. The number of hydrogen-bond donors (Lipinski definition) is 0. The number of thioether (sulfide) groups is 1. The van der Waals surface area contributed by atoms with E-state index in [0.29, 0.717) is 35.6 Å². The minimum Gasteiger partial charge on any atom is -0.490 e. The van der Waals surface area contributed by atoms with Gasteiger partial charge in [-0.25, -0.2) is 4.39 Å². The molecule has 0 spiro atoms. The van der Waals surface area contributed by atoms with Crippen molar-refractivity contribution >= 4 is 11.8 Å². The second kappa shape index (κ2) is 8.66. The number of para-hydroxylation sites is 1. The molecular weight excluding hydrogens is 355 g/mol. The number of ether oxygens (including phenoxy) is 2. The Morgan fingerprint density at radius 1 is 1.04 bits per heavy atom. The van der Waals surface area contributed by atoms with Crippen LogP contribution in [0.4, 0.5) is 4.39 Å². The molecular formula is C18H19FN4O2S. The van der Waals surface area contributed by atoms with E-state index in [-0.39, 0.29) is 5.82 Å². The fourth-order valence-electron chi connectivity index (χ4n) is 2.38. The van der Waals surface area contributed by atoms with E-state index >= 15 is 0 Å². The molecule has 0 atom stereocenters. The zero-order valence-electron chi connectivity index (χ0n) is 14.6. The van der Waals surface area contributed by atoms with Crippen molar-refractivity contribution in [2.75, 3.05) is 13.2 Å². The van der Waals surface area contributed by atoms with Gasteiger partial charge in [0, 0.05) is 5.75 Å². The topological polar surface area (TPSA) is 62.1 Å². The minimum atomic E-state index is -0.374. The lowest BCUT2D eigenvalue weighted by atomic mass is 10.2. The molecule has 0 aliphatic heterocycles. The molecule has 3 rings (SSSR count). The molecule has 1 heterocycles. The predicted octanol–water partition coefficient (Wildman–Crippen LogP) is 3.89. The van der Waals surface area contributed by atoms with Gasteiger partial charge >= 0.3 is 0 Å². The van der Waals surface area contributed by atoms with E-state index in [0.717, 1.165) is 11.3 Å². The number of hydrogen-bond acceptors (Lipinski definition) is 6. The number of halogens is 1. The van der Waals surface area contributed by atoms with E-state index < -0.39 is 0 Å². The molecule has 3 aromatic rings. The van der Waals surface area contributed by atoms with Crippen molar-refractivity contribution in [1.29, 1.82) is 0 Å². The third kappa shape index (κ3) is 4.13. The second-order valence-corrected chi connectivity index (χ2v) is 6.20. The van der Waals surface area contributed by atoms with Crippen LogP contribution in [0, 0.1) is 5.82 Å². The van der Waals surface area contributed by atoms with E-state index in [2.05, 4.69) is 15.5 Å². The monoisotopic (exact) mass is 374 g/mol. The number of benzene rings is 2.